The molecule has 1 unspecified atom stereocenters. The van der Waals surface area contributed by atoms with Gasteiger partial charge in [-0.25, -0.2) is 9.07 Å². The van der Waals surface area contributed by atoms with Crippen LogP contribution in [0.25, 0.3) is 22.6 Å². The quantitative estimate of drug-likeness (QED) is 0.228. The van der Waals surface area contributed by atoms with E-state index in [9.17, 15) is 9.30 Å². The van der Waals surface area contributed by atoms with Gasteiger partial charge in [-0.2, -0.15) is 5.10 Å². The predicted octanol–water partition coefficient (Wildman–Crippen LogP) is 5.25. The van der Waals surface area contributed by atoms with Crippen LogP contribution in [0.5, 0.6) is 0 Å². The van der Waals surface area contributed by atoms with E-state index < -0.39 is 5.82 Å². The van der Waals surface area contributed by atoms with E-state index >= 15 is 0 Å². The summed E-state index contributed by atoms with van der Waals surface area (Å²) in [5.74, 6) is -0.453. The molecule has 37 heavy (non-hydrogen) atoms. The monoisotopic (exact) mass is 496 g/mol. The first-order valence-electron chi connectivity index (χ1n) is 12.4. The molecule has 0 radical (unpaired) electrons. The van der Waals surface area contributed by atoms with Gasteiger partial charge in [-0.3, -0.25) is 0 Å². The third-order valence-corrected chi connectivity index (χ3v) is 6.93. The van der Waals surface area contributed by atoms with Crippen molar-refractivity contribution in [1.29, 1.82) is 0 Å². The van der Waals surface area contributed by atoms with Crippen molar-refractivity contribution in [2.45, 2.75) is 31.9 Å². The Morgan fingerprint density at radius 2 is 1.97 bits per heavy atom. The summed E-state index contributed by atoms with van der Waals surface area (Å²) in [6, 6.07) is 16.4. The highest BCUT2D eigenvalue weighted by Gasteiger charge is 2.35. The first-order valence-corrected chi connectivity index (χ1v) is 12.4. The number of fused-ring (bicyclic) bond motifs is 3. The summed E-state index contributed by atoms with van der Waals surface area (Å²) < 4.78 is 26.9. The van der Waals surface area contributed by atoms with Crippen molar-refractivity contribution in [2.75, 3.05) is 6.61 Å². The molecule has 2 aliphatic heterocycles. The molecule has 0 N–H and O–H groups in total. The van der Waals surface area contributed by atoms with Gasteiger partial charge >= 0.3 is 5.69 Å². The largest absolute Gasteiger partial charge is 0.369 e. The van der Waals surface area contributed by atoms with E-state index in [1.807, 2.05) is 35.3 Å². The molecule has 0 spiro atoms. The molecule has 1 aliphatic carbocycles. The van der Waals surface area contributed by atoms with Crippen LogP contribution in [-0.4, -0.2) is 25.6 Å². The molecule has 0 saturated carbocycles. The summed E-state index contributed by atoms with van der Waals surface area (Å²) in [7, 11) is 0. The second kappa shape index (κ2) is 9.63. The zero-order valence-electron chi connectivity index (χ0n) is 20.3. The molecule has 3 aliphatic rings. The zero-order valence-corrected chi connectivity index (χ0v) is 20.3. The van der Waals surface area contributed by atoms with Crippen LogP contribution in [0.3, 0.4) is 0 Å². The van der Waals surface area contributed by atoms with Crippen LogP contribution in [-0.2, 0) is 17.7 Å². The Balaban J connectivity index is 1.48. The van der Waals surface area contributed by atoms with Gasteiger partial charge in [0, 0.05) is 30.2 Å². The smallest absolute Gasteiger partial charge is 0.318 e. The minimum Gasteiger partial charge on any atom is -0.369 e. The molecule has 186 valence electrons. The zero-order chi connectivity index (χ0) is 25.4. The number of halogens is 1. The Morgan fingerprint density at radius 1 is 1.14 bits per heavy atom. The van der Waals surface area contributed by atoms with Crippen LogP contribution in [0.2, 0.25) is 0 Å². The lowest BCUT2D eigenvalue weighted by atomic mass is 9.88. The molecule has 1 aromatic heterocycles. The molecule has 1 atom stereocenters. The van der Waals surface area contributed by atoms with Crippen molar-refractivity contribution in [1.82, 2.24) is 19.0 Å². The first kappa shape index (κ1) is 23.1. The molecule has 3 aromatic rings. The molecule has 2 aromatic carbocycles. The van der Waals surface area contributed by atoms with Gasteiger partial charge in [0.2, 0.25) is 0 Å². The molecular formula is C29H27FN5O2+. The van der Waals surface area contributed by atoms with Gasteiger partial charge < -0.3 is 9.30 Å². The lowest BCUT2D eigenvalue weighted by Crippen LogP contribution is -2.29. The summed E-state index contributed by atoms with van der Waals surface area (Å²) >= 11 is 0. The van der Waals surface area contributed by atoms with Gasteiger partial charge in [-0.05, 0) is 55.2 Å². The number of rotatable bonds is 7. The Bertz CT molecular complexity index is 1580. The number of hydrogen-bond donors (Lipinski definition) is 0. The average Bonchev–Trinajstić information content (AvgIpc) is 3.57. The fourth-order valence-electron chi connectivity index (χ4n) is 5.23. The highest BCUT2D eigenvalue weighted by molar-refractivity contribution is 5.64. The number of benzene rings is 2. The lowest BCUT2D eigenvalue weighted by molar-refractivity contribution is -0.569. The molecule has 0 fully saturated rings. The summed E-state index contributed by atoms with van der Waals surface area (Å²) in [5, 5.41) is 4.29. The maximum Gasteiger partial charge on any atom is 0.318 e. The highest BCUT2D eigenvalue weighted by Crippen LogP contribution is 2.40. The summed E-state index contributed by atoms with van der Waals surface area (Å²) in [5.41, 5.74) is 5.68. The van der Waals surface area contributed by atoms with Crippen molar-refractivity contribution in [3.8, 4) is 22.6 Å². The topological polar surface area (TPSA) is 59.9 Å². The van der Waals surface area contributed by atoms with E-state index in [1.54, 1.807) is 36.7 Å². The Kier molecular flexibility index (Phi) is 6.02. The number of para-hydroxylation sites is 1. The van der Waals surface area contributed by atoms with Crippen LogP contribution in [0.15, 0.2) is 92.0 Å². The van der Waals surface area contributed by atoms with Gasteiger partial charge in [0.05, 0.1) is 41.3 Å². The van der Waals surface area contributed by atoms with Crippen molar-refractivity contribution in [3.05, 3.63) is 120 Å². The van der Waals surface area contributed by atoms with E-state index in [4.69, 9.17) is 4.74 Å². The maximum absolute atomic E-state index is 14.6. The van der Waals surface area contributed by atoms with Gasteiger partial charge in [-0.15, -0.1) is 6.58 Å². The highest BCUT2D eigenvalue weighted by atomic mass is 19.1. The number of hydrogen-bond acceptors (Lipinski definition) is 3. The molecular weight excluding hydrogens is 469 g/mol. The number of nitrogens with zero attached hydrogens (tertiary/aromatic N) is 5. The molecule has 3 heterocycles. The fraction of sp³-hybridized carbons (Fsp3) is 0.207. The van der Waals surface area contributed by atoms with Gasteiger partial charge in [0.1, 0.15) is 5.69 Å². The second-order valence-corrected chi connectivity index (χ2v) is 9.23. The van der Waals surface area contributed by atoms with Crippen molar-refractivity contribution in [3.63, 3.8) is 0 Å². The number of aromatic nitrogens is 5. The third kappa shape index (κ3) is 4.19. The van der Waals surface area contributed by atoms with Crippen LogP contribution in [0.4, 0.5) is 4.39 Å². The molecule has 6 rings (SSSR count). The molecule has 0 saturated heterocycles. The Hall–Kier alpha value is -4.30. The summed E-state index contributed by atoms with van der Waals surface area (Å²) in [4.78, 5) is 13.5. The van der Waals surface area contributed by atoms with E-state index in [1.165, 1.54) is 10.7 Å². The van der Waals surface area contributed by atoms with E-state index in [0.29, 0.717) is 18.8 Å². The minimum atomic E-state index is -0.453. The standard InChI is InChI=1S/C29H27FN5O2/c1-2-17-37-28-10-5-9-26-29(28)23-19-34(25-8-4-3-7-24(25)30)35(36)27(23)20-32(26)18-21-11-13-22(14-12-21)33-16-6-15-31-33/h2-4,6-8,11-16,19-20,28H,1,5,9-10,17-18H2/q+1. The number of pyridine rings is 1. The van der Waals surface area contributed by atoms with Crippen LogP contribution >= 0.6 is 0 Å². The van der Waals surface area contributed by atoms with E-state index in [0.717, 1.165) is 51.9 Å². The van der Waals surface area contributed by atoms with E-state index in [2.05, 4.69) is 28.4 Å². The van der Waals surface area contributed by atoms with Gasteiger partial charge in [0.15, 0.2) is 10.4 Å². The normalized spacial score (nSPS) is 15.1. The van der Waals surface area contributed by atoms with Crippen molar-refractivity contribution in [2.24, 2.45) is 0 Å². The van der Waals surface area contributed by atoms with Gasteiger partial charge in [-0.1, -0.05) is 35.0 Å². The van der Waals surface area contributed by atoms with Crippen LogP contribution in [0.1, 0.15) is 35.8 Å². The predicted molar refractivity (Wildman–Crippen MR) is 138 cm³/mol. The first-order chi connectivity index (χ1) is 18.1. The second-order valence-electron chi connectivity index (χ2n) is 9.23. The molecule has 0 amide bonds. The van der Waals surface area contributed by atoms with Gasteiger partial charge in [0.25, 0.3) is 0 Å². The van der Waals surface area contributed by atoms with Crippen LogP contribution in [0, 0.1) is 10.7 Å². The maximum atomic E-state index is 14.6. The number of ether oxygens (including phenoxy) is 1. The minimum absolute atomic E-state index is 0.171. The SMILES string of the molecule is C=CCOC1CCCc2c1c1cn(-c3ccccc3F)[n+](=O)c-1cn2Cc1ccc(-n2cccn2)cc1. The lowest BCUT2D eigenvalue weighted by Gasteiger charge is -2.29. The summed E-state index contributed by atoms with van der Waals surface area (Å²) in [6.07, 6.45) is 11.5. The summed E-state index contributed by atoms with van der Waals surface area (Å²) in [6.45, 7) is 4.81. The van der Waals surface area contributed by atoms with Crippen LogP contribution < -0.4 is 4.54 Å². The average molecular weight is 497 g/mol. The van der Waals surface area contributed by atoms with Crippen molar-refractivity contribution < 1.29 is 13.7 Å². The molecule has 7 nitrogen and oxygen atoms in total. The third-order valence-electron chi connectivity index (χ3n) is 6.93. The Morgan fingerprint density at radius 3 is 2.73 bits per heavy atom. The molecule has 0 bridgehead atoms. The fourth-order valence-corrected chi connectivity index (χ4v) is 5.23. The Labute approximate surface area is 213 Å². The van der Waals surface area contributed by atoms with E-state index in [-0.39, 0.29) is 11.8 Å². The molecule has 8 heteroatoms. The van der Waals surface area contributed by atoms with Crippen molar-refractivity contribution >= 4 is 0 Å².